The van der Waals surface area contributed by atoms with Crippen LogP contribution in [0.15, 0.2) is 0 Å². The molecule has 0 aliphatic rings. The molecule has 5 heteroatoms. The van der Waals surface area contributed by atoms with Crippen LogP contribution in [0.5, 0.6) is 0 Å². The van der Waals surface area contributed by atoms with Crippen molar-refractivity contribution in [1.82, 2.24) is 24.9 Å². The second-order valence-electron chi connectivity index (χ2n) is 5.96. The molecule has 0 saturated carbocycles. The predicted molar refractivity (Wildman–Crippen MR) is 85.0 cm³/mol. The first-order valence-electron chi connectivity index (χ1n) is 7.29. The van der Waals surface area contributed by atoms with E-state index in [0.717, 1.165) is 52.4 Å². The van der Waals surface area contributed by atoms with Gasteiger partial charge in [0.2, 0.25) is 0 Å². The second-order valence-corrected chi connectivity index (χ2v) is 5.96. The Morgan fingerprint density at radius 1 is 0.526 bits per heavy atom. The molecule has 0 bridgehead atoms. The molecule has 0 heterocycles. The minimum atomic E-state index is 1.07. The third-order valence-electron chi connectivity index (χ3n) is 3.20. The van der Waals surface area contributed by atoms with E-state index in [9.17, 15) is 0 Å². The zero-order valence-corrected chi connectivity index (χ0v) is 13.9. The smallest absolute Gasteiger partial charge is 0.0107 e. The summed E-state index contributed by atoms with van der Waals surface area (Å²) in [7, 11) is 12.9. The van der Waals surface area contributed by atoms with Crippen LogP contribution in [-0.2, 0) is 0 Å². The molecule has 0 aliphatic heterocycles. The maximum absolute atomic E-state index is 3.47. The summed E-state index contributed by atoms with van der Waals surface area (Å²) < 4.78 is 0. The van der Waals surface area contributed by atoms with Gasteiger partial charge in [-0.25, -0.2) is 0 Å². The predicted octanol–water partition coefficient (Wildman–Crippen LogP) is -0.437. The lowest BCUT2D eigenvalue weighted by molar-refractivity contribution is 0.237. The van der Waals surface area contributed by atoms with Gasteiger partial charge < -0.3 is 24.9 Å². The molecule has 116 valence electrons. The summed E-state index contributed by atoms with van der Waals surface area (Å²) in [5.74, 6) is 0. The Hall–Kier alpha value is -0.200. The Morgan fingerprint density at radius 3 is 1.47 bits per heavy atom. The van der Waals surface area contributed by atoms with Gasteiger partial charge in [0.15, 0.2) is 0 Å². The molecule has 0 atom stereocenters. The van der Waals surface area contributed by atoms with Gasteiger partial charge in [-0.1, -0.05) is 0 Å². The van der Waals surface area contributed by atoms with Crippen molar-refractivity contribution in [2.75, 3.05) is 94.6 Å². The van der Waals surface area contributed by atoms with Gasteiger partial charge in [-0.3, -0.25) is 0 Å². The molecule has 0 aromatic heterocycles. The number of rotatable bonds is 12. The average Bonchev–Trinajstić information content (AvgIpc) is 2.33. The molecule has 0 unspecified atom stereocenters. The zero-order chi connectivity index (χ0) is 14.7. The van der Waals surface area contributed by atoms with Gasteiger partial charge in [-0.15, -0.1) is 0 Å². The second kappa shape index (κ2) is 11.6. The molecule has 19 heavy (non-hydrogen) atoms. The van der Waals surface area contributed by atoms with Crippen LogP contribution in [0.4, 0.5) is 0 Å². The summed E-state index contributed by atoms with van der Waals surface area (Å²) in [5, 5.41) is 3.47. The van der Waals surface area contributed by atoms with Crippen molar-refractivity contribution in [2.45, 2.75) is 0 Å². The summed E-state index contributed by atoms with van der Waals surface area (Å²) >= 11 is 0. The lowest BCUT2D eigenvalue weighted by Crippen LogP contribution is -2.38. The minimum Gasteiger partial charge on any atom is -0.314 e. The maximum Gasteiger partial charge on any atom is 0.0107 e. The molecule has 5 nitrogen and oxygen atoms in total. The first-order valence-corrected chi connectivity index (χ1v) is 7.29. The van der Waals surface area contributed by atoms with Gasteiger partial charge in [0.05, 0.1) is 0 Å². The lowest BCUT2D eigenvalue weighted by Gasteiger charge is -2.23. The first-order chi connectivity index (χ1) is 8.91. The summed E-state index contributed by atoms with van der Waals surface area (Å²) in [5.41, 5.74) is 0. The van der Waals surface area contributed by atoms with E-state index in [1.807, 2.05) is 0 Å². The largest absolute Gasteiger partial charge is 0.314 e. The molecule has 0 amide bonds. The highest BCUT2D eigenvalue weighted by atomic mass is 15.2. The molecule has 0 rings (SSSR count). The van der Waals surface area contributed by atoms with Gasteiger partial charge >= 0.3 is 0 Å². The number of nitrogens with one attached hydrogen (secondary N) is 1. The minimum absolute atomic E-state index is 1.07. The van der Waals surface area contributed by atoms with E-state index in [1.54, 1.807) is 0 Å². The summed E-state index contributed by atoms with van der Waals surface area (Å²) in [6.07, 6.45) is 0. The standard InChI is InChI=1S/C14H35N5/c1-16(2)9-7-15-8-10-18(5)13-14-19(6)12-11-17(3)4/h15H,7-14H2,1-6H3. The van der Waals surface area contributed by atoms with Crippen molar-refractivity contribution in [3.63, 3.8) is 0 Å². The molecule has 0 fully saturated rings. The highest BCUT2D eigenvalue weighted by Gasteiger charge is 2.02. The molecule has 0 aliphatic carbocycles. The topological polar surface area (TPSA) is 25.0 Å². The van der Waals surface area contributed by atoms with E-state index in [0.29, 0.717) is 0 Å². The third-order valence-corrected chi connectivity index (χ3v) is 3.20. The molecule has 0 radical (unpaired) electrons. The van der Waals surface area contributed by atoms with Crippen LogP contribution in [0, 0.1) is 0 Å². The van der Waals surface area contributed by atoms with Gasteiger partial charge in [0.1, 0.15) is 0 Å². The molecular formula is C14H35N5. The monoisotopic (exact) mass is 273 g/mol. The van der Waals surface area contributed by atoms with Crippen molar-refractivity contribution in [3.8, 4) is 0 Å². The molecule has 0 saturated heterocycles. The fourth-order valence-corrected chi connectivity index (χ4v) is 1.63. The number of nitrogens with zero attached hydrogens (tertiary/aromatic N) is 4. The summed E-state index contributed by atoms with van der Waals surface area (Å²) in [4.78, 5) is 9.23. The van der Waals surface area contributed by atoms with E-state index in [-0.39, 0.29) is 0 Å². The van der Waals surface area contributed by atoms with E-state index >= 15 is 0 Å². The summed E-state index contributed by atoms with van der Waals surface area (Å²) in [6, 6.07) is 0. The van der Waals surface area contributed by atoms with E-state index in [4.69, 9.17) is 0 Å². The van der Waals surface area contributed by atoms with Crippen LogP contribution in [0.25, 0.3) is 0 Å². The van der Waals surface area contributed by atoms with Crippen molar-refractivity contribution in [2.24, 2.45) is 0 Å². The maximum atomic E-state index is 3.47. The average molecular weight is 273 g/mol. The Bertz CT molecular complexity index is 196. The van der Waals surface area contributed by atoms with Gasteiger partial charge in [0, 0.05) is 52.4 Å². The lowest BCUT2D eigenvalue weighted by atomic mass is 10.4. The van der Waals surface area contributed by atoms with E-state index < -0.39 is 0 Å². The van der Waals surface area contributed by atoms with Crippen molar-refractivity contribution < 1.29 is 0 Å². The van der Waals surface area contributed by atoms with Gasteiger partial charge in [-0.2, -0.15) is 0 Å². The van der Waals surface area contributed by atoms with Crippen LogP contribution in [0.1, 0.15) is 0 Å². The number of likely N-dealkylation sites (N-methyl/N-ethyl adjacent to an activating group) is 4. The van der Waals surface area contributed by atoms with Crippen molar-refractivity contribution in [1.29, 1.82) is 0 Å². The van der Waals surface area contributed by atoms with E-state index in [2.05, 4.69) is 67.2 Å². The Balaban J connectivity index is 3.40. The quantitative estimate of drug-likeness (QED) is 0.486. The van der Waals surface area contributed by atoms with Crippen LogP contribution < -0.4 is 5.32 Å². The Morgan fingerprint density at radius 2 is 0.947 bits per heavy atom. The fourth-order valence-electron chi connectivity index (χ4n) is 1.63. The molecule has 0 aromatic rings. The van der Waals surface area contributed by atoms with Crippen molar-refractivity contribution in [3.05, 3.63) is 0 Å². The Labute approximate surface area is 120 Å². The summed E-state index contributed by atoms with van der Waals surface area (Å²) in [6.45, 7) is 8.93. The van der Waals surface area contributed by atoms with Gasteiger partial charge in [0.25, 0.3) is 0 Å². The number of hydrogen-bond acceptors (Lipinski definition) is 5. The molecule has 0 aromatic carbocycles. The Kier molecular flexibility index (Phi) is 11.5. The number of hydrogen-bond donors (Lipinski definition) is 1. The van der Waals surface area contributed by atoms with E-state index in [1.165, 1.54) is 0 Å². The SMILES string of the molecule is CN(C)CCNCCN(C)CCN(C)CCN(C)C. The normalized spacial score (nSPS) is 12.3. The fraction of sp³-hybridized carbons (Fsp3) is 1.00. The van der Waals surface area contributed by atoms with Crippen LogP contribution >= 0.6 is 0 Å². The highest BCUT2D eigenvalue weighted by molar-refractivity contribution is 4.60. The molecule has 0 spiro atoms. The van der Waals surface area contributed by atoms with Crippen LogP contribution in [0.3, 0.4) is 0 Å². The highest BCUT2D eigenvalue weighted by Crippen LogP contribution is 1.87. The zero-order valence-electron chi connectivity index (χ0n) is 13.9. The molecule has 1 N–H and O–H groups in total. The van der Waals surface area contributed by atoms with Crippen molar-refractivity contribution >= 4 is 0 Å². The third kappa shape index (κ3) is 14.0. The van der Waals surface area contributed by atoms with Gasteiger partial charge in [-0.05, 0) is 42.3 Å². The molecular weight excluding hydrogens is 238 g/mol. The van der Waals surface area contributed by atoms with Crippen LogP contribution in [-0.4, -0.2) is 114 Å². The van der Waals surface area contributed by atoms with Crippen LogP contribution in [0.2, 0.25) is 0 Å². The first kappa shape index (κ1) is 18.8.